The fourth-order valence-electron chi connectivity index (χ4n) is 2.91. The number of carbonyl (C=O) groups excluding carboxylic acids is 1. The molecule has 0 spiro atoms. The van der Waals surface area contributed by atoms with Crippen molar-refractivity contribution >= 4 is 23.2 Å². The van der Waals surface area contributed by atoms with Crippen molar-refractivity contribution in [2.45, 2.75) is 13.5 Å². The first-order valence-electron chi connectivity index (χ1n) is 8.60. The largest absolute Gasteiger partial charge is 0.380 e. The number of anilines is 1. The van der Waals surface area contributed by atoms with Crippen LogP contribution in [0.25, 0.3) is 0 Å². The molecule has 0 saturated carbocycles. The SMILES string of the molecule is CCN1CCN(C(=O)c2cncc(NCc3ccc(Cl)cc3)c2)CC1. The number of carbonyl (C=O) groups is 1. The smallest absolute Gasteiger partial charge is 0.255 e. The van der Waals surface area contributed by atoms with E-state index in [1.165, 1.54) is 0 Å². The first-order chi connectivity index (χ1) is 12.2. The molecule has 1 N–H and O–H groups in total. The molecule has 0 bridgehead atoms. The first-order valence-corrected chi connectivity index (χ1v) is 8.98. The van der Waals surface area contributed by atoms with Crippen LogP contribution in [0.4, 0.5) is 5.69 Å². The van der Waals surface area contributed by atoms with Gasteiger partial charge in [-0.2, -0.15) is 0 Å². The number of likely N-dealkylation sites (N-methyl/N-ethyl adjacent to an activating group) is 1. The molecule has 0 aliphatic carbocycles. The van der Waals surface area contributed by atoms with E-state index in [0.717, 1.165) is 49.0 Å². The number of pyridine rings is 1. The van der Waals surface area contributed by atoms with E-state index in [2.05, 4.69) is 22.1 Å². The minimum atomic E-state index is 0.0541. The molecule has 1 amide bonds. The van der Waals surface area contributed by atoms with Crippen LogP contribution in [0.2, 0.25) is 5.02 Å². The fraction of sp³-hybridized carbons (Fsp3) is 0.368. The van der Waals surface area contributed by atoms with Gasteiger partial charge in [0.15, 0.2) is 0 Å². The summed E-state index contributed by atoms with van der Waals surface area (Å²) in [4.78, 5) is 21.2. The van der Waals surface area contributed by atoms with Gasteiger partial charge in [0.2, 0.25) is 0 Å². The highest BCUT2D eigenvalue weighted by atomic mass is 35.5. The minimum Gasteiger partial charge on any atom is -0.380 e. The lowest BCUT2D eigenvalue weighted by molar-refractivity contribution is 0.0643. The molecule has 0 atom stereocenters. The standard InChI is InChI=1S/C19H23ClN4O/c1-2-23-7-9-24(10-8-23)19(25)16-11-18(14-21-13-16)22-12-15-3-5-17(20)6-4-15/h3-6,11,13-14,22H,2,7-10,12H2,1H3. The summed E-state index contributed by atoms with van der Waals surface area (Å²) in [6.45, 7) is 7.26. The van der Waals surface area contributed by atoms with Crippen LogP contribution in [0.5, 0.6) is 0 Å². The van der Waals surface area contributed by atoms with Gasteiger partial charge in [-0.25, -0.2) is 0 Å². The lowest BCUT2D eigenvalue weighted by atomic mass is 10.2. The van der Waals surface area contributed by atoms with Crippen LogP contribution in [0, 0.1) is 0 Å². The zero-order chi connectivity index (χ0) is 17.6. The van der Waals surface area contributed by atoms with Gasteiger partial charge in [-0.1, -0.05) is 30.7 Å². The molecule has 5 nitrogen and oxygen atoms in total. The van der Waals surface area contributed by atoms with Crippen LogP contribution in [0.15, 0.2) is 42.7 Å². The second-order valence-corrected chi connectivity index (χ2v) is 6.61. The average molecular weight is 359 g/mol. The Kier molecular flexibility index (Phi) is 5.89. The number of amides is 1. The lowest BCUT2D eigenvalue weighted by Gasteiger charge is -2.34. The van der Waals surface area contributed by atoms with E-state index in [4.69, 9.17) is 11.6 Å². The van der Waals surface area contributed by atoms with Gasteiger partial charge >= 0.3 is 0 Å². The lowest BCUT2D eigenvalue weighted by Crippen LogP contribution is -2.48. The number of benzene rings is 1. The van der Waals surface area contributed by atoms with Crippen molar-refractivity contribution in [3.63, 3.8) is 0 Å². The van der Waals surface area contributed by atoms with Gasteiger partial charge in [0.05, 0.1) is 11.3 Å². The summed E-state index contributed by atoms with van der Waals surface area (Å²) in [5.41, 5.74) is 2.59. The van der Waals surface area contributed by atoms with Gasteiger partial charge in [0.1, 0.15) is 0 Å². The molecule has 1 aliphatic heterocycles. The second-order valence-electron chi connectivity index (χ2n) is 6.17. The van der Waals surface area contributed by atoms with Gasteiger partial charge in [-0.3, -0.25) is 9.78 Å². The van der Waals surface area contributed by atoms with Crippen LogP contribution in [0.1, 0.15) is 22.8 Å². The van der Waals surface area contributed by atoms with E-state index >= 15 is 0 Å². The number of nitrogens with one attached hydrogen (secondary N) is 1. The van der Waals surface area contributed by atoms with Gasteiger partial charge in [-0.05, 0) is 30.3 Å². The Labute approximate surface area is 153 Å². The highest BCUT2D eigenvalue weighted by Crippen LogP contribution is 2.15. The van der Waals surface area contributed by atoms with Crippen LogP contribution in [-0.4, -0.2) is 53.4 Å². The van der Waals surface area contributed by atoms with E-state index < -0.39 is 0 Å². The molecule has 6 heteroatoms. The van der Waals surface area contributed by atoms with E-state index in [1.807, 2.05) is 35.2 Å². The van der Waals surface area contributed by atoms with E-state index in [-0.39, 0.29) is 5.91 Å². The number of hydrogen-bond acceptors (Lipinski definition) is 4. The van der Waals surface area contributed by atoms with Crippen molar-refractivity contribution in [1.82, 2.24) is 14.8 Å². The Morgan fingerprint density at radius 3 is 2.56 bits per heavy atom. The van der Waals surface area contributed by atoms with Crippen molar-refractivity contribution in [3.8, 4) is 0 Å². The molecule has 0 unspecified atom stereocenters. The fourth-order valence-corrected chi connectivity index (χ4v) is 3.04. The third kappa shape index (κ3) is 4.71. The Morgan fingerprint density at radius 2 is 1.88 bits per heavy atom. The quantitative estimate of drug-likeness (QED) is 0.892. The monoisotopic (exact) mass is 358 g/mol. The molecule has 1 fully saturated rings. The first kappa shape index (κ1) is 17.7. The molecule has 132 valence electrons. The molecule has 25 heavy (non-hydrogen) atoms. The number of rotatable bonds is 5. The summed E-state index contributed by atoms with van der Waals surface area (Å²) in [5.74, 6) is 0.0541. The number of halogens is 1. The van der Waals surface area contributed by atoms with Crippen LogP contribution in [0.3, 0.4) is 0 Å². The van der Waals surface area contributed by atoms with Crippen LogP contribution in [-0.2, 0) is 6.54 Å². The second kappa shape index (κ2) is 8.32. The predicted octanol–water partition coefficient (Wildman–Crippen LogP) is 3.12. The van der Waals surface area contributed by atoms with Crippen molar-refractivity contribution < 1.29 is 4.79 Å². The van der Waals surface area contributed by atoms with E-state index in [1.54, 1.807) is 12.4 Å². The van der Waals surface area contributed by atoms with Crippen LogP contribution < -0.4 is 5.32 Å². The summed E-state index contributed by atoms with van der Waals surface area (Å²) in [6, 6.07) is 9.56. The molecule has 2 heterocycles. The molecule has 1 aromatic carbocycles. The van der Waals surface area contributed by atoms with E-state index in [0.29, 0.717) is 12.1 Å². The van der Waals surface area contributed by atoms with Crippen molar-refractivity contribution in [3.05, 3.63) is 58.9 Å². The molecule has 0 radical (unpaired) electrons. The summed E-state index contributed by atoms with van der Waals surface area (Å²) in [7, 11) is 0. The molecule has 1 aromatic heterocycles. The van der Waals surface area contributed by atoms with Gasteiger partial charge < -0.3 is 15.1 Å². The molecule has 2 aromatic rings. The number of nitrogens with zero attached hydrogens (tertiary/aromatic N) is 3. The van der Waals surface area contributed by atoms with Gasteiger partial charge in [0.25, 0.3) is 5.91 Å². The van der Waals surface area contributed by atoms with E-state index in [9.17, 15) is 4.79 Å². The Bertz CT molecular complexity index is 712. The number of piperazine rings is 1. The summed E-state index contributed by atoms with van der Waals surface area (Å²) >= 11 is 5.90. The Morgan fingerprint density at radius 1 is 1.16 bits per heavy atom. The third-order valence-electron chi connectivity index (χ3n) is 4.50. The van der Waals surface area contributed by atoms with Crippen molar-refractivity contribution in [2.24, 2.45) is 0 Å². The molecular weight excluding hydrogens is 336 g/mol. The van der Waals surface area contributed by atoms with Crippen LogP contribution >= 0.6 is 11.6 Å². The minimum absolute atomic E-state index is 0.0541. The molecule has 1 saturated heterocycles. The summed E-state index contributed by atoms with van der Waals surface area (Å²) in [6.07, 6.45) is 3.38. The van der Waals surface area contributed by atoms with Gasteiger partial charge in [0, 0.05) is 50.1 Å². The topological polar surface area (TPSA) is 48.5 Å². The summed E-state index contributed by atoms with van der Waals surface area (Å²) < 4.78 is 0. The highest BCUT2D eigenvalue weighted by Gasteiger charge is 2.21. The Hall–Kier alpha value is -2.11. The molecular formula is C19H23ClN4O. The van der Waals surface area contributed by atoms with Gasteiger partial charge in [-0.15, -0.1) is 0 Å². The van der Waals surface area contributed by atoms with Crippen molar-refractivity contribution in [1.29, 1.82) is 0 Å². The zero-order valence-electron chi connectivity index (χ0n) is 14.4. The molecule has 3 rings (SSSR count). The molecule has 1 aliphatic rings. The maximum absolute atomic E-state index is 12.7. The normalized spacial score (nSPS) is 15.2. The Balaban J connectivity index is 1.61. The zero-order valence-corrected chi connectivity index (χ0v) is 15.2. The average Bonchev–Trinajstić information content (AvgIpc) is 2.67. The summed E-state index contributed by atoms with van der Waals surface area (Å²) in [5, 5.41) is 4.03. The highest BCUT2D eigenvalue weighted by molar-refractivity contribution is 6.30. The number of hydrogen-bond donors (Lipinski definition) is 1. The number of aromatic nitrogens is 1. The predicted molar refractivity (Wildman–Crippen MR) is 101 cm³/mol. The third-order valence-corrected chi connectivity index (χ3v) is 4.75. The van der Waals surface area contributed by atoms with Crippen molar-refractivity contribution in [2.75, 3.05) is 38.0 Å². The maximum Gasteiger partial charge on any atom is 0.255 e. The maximum atomic E-state index is 12.7.